The van der Waals surface area contributed by atoms with Gasteiger partial charge in [0.05, 0.1) is 0 Å². The van der Waals surface area contributed by atoms with Gasteiger partial charge in [0.1, 0.15) is 0 Å². The summed E-state index contributed by atoms with van der Waals surface area (Å²) in [6, 6.07) is 10.1. The van der Waals surface area contributed by atoms with Crippen LogP contribution < -0.4 is 0 Å². The van der Waals surface area contributed by atoms with Crippen LogP contribution >= 0.6 is 0 Å². The molecule has 0 saturated heterocycles. The van der Waals surface area contributed by atoms with Crippen molar-refractivity contribution in [1.29, 1.82) is 0 Å². The summed E-state index contributed by atoms with van der Waals surface area (Å²) in [5, 5.41) is 0. The van der Waals surface area contributed by atoms with E-state index in [1.165, 1.54) is 0 Å². The molecule has 76 valence electrons. The van der Waals surface area contributed by atoms with Crippen LogP contribution in [0.4, 0.5) is 0 Å². The van der Waals surface area contributed by atoms with E-state index in [2.05, 4.69) is 0 Å². The molecule has 1 aliphatic rings. The lowest BCUT2D eigenvalue weighted by Crippen LogP contribution is -1.92. The highest BCUT2D eigenvalue weighted by Gasteiger charge is 2.19. The fourth-order valence-electron chi connectivity index (χ4n) is 1.83. The number of benzene rings is 1. The molecule has 0 saturated carbocycles. The Hall–Kier alpha value is -1.63. The minimum Gasteiger partial charge on any atom is -0.290 e. The standard InChI is InChI=1S/C14H14O/c1-10(2)13-8-12(9-14(13)15)11-6-4-3-5-7-11/h3-7,9H,8H2,1-2H3. The number of carbonyl (C=O) groups is 1. The van der Waals surface area contributed by atoms with E-state index in [-0.39, 0.29) is 5.78 Å². The molecule has 0 aromatic heterocycles. The summed E-state index contributed by atoms with van der Waals surface area (Å²) in [4.78, 5) is 11.7. The molecule has 1 heteroatoms. The molecule has 1 aromatic rings. The quantitative estimate of drug-likeness (QED) is 0.632. The predicted octanol–water partition coefficient (Wildman–Crippen LogP) is 3.38. The molecule has 0 spiro atoms. The molecule has 0 fully saturated rings. The number of rotatable bonds is 1. The summed E-state index contributed by atoms with van der Waals surface area (Å²) in [6.45, 7) is 3.99. The van der Waals surface area contributed by atoms with Gasteiger partial charge >= 0.3 is 0 Å². The van der Waals surface area contributed by atoms with Crippen molar-refractivity contribution in [3.63, 3.8) is 0 Å². The van der Waals surface area contributed by atoms with Crippen molar-refractivity contribution in [2.45, 2.75) is 20.3 Å². The number of hydrogen-bond donors (Lipinski definition) is 0. The average Bonchev–Trinajstić information content (AvgIpc) is 2.62. The zero-order chi connectivity index (χ0) is 10.8. The molecule has 0 aliphatic heterocycles. The lowest BCUT2D eigenvalue weighted by atomic mass is 10.0. The molecule has 1 aromatic carbocycles. The van der Waals surface area contributed by atoms with Crippen LogP contribution in [0.25, 0.3) is 5.57 Å². The van der Waals surface area contributed by atoms with Crippen molar-refractivity contribution in [3.05, 3.63) is 53.1 Å². The fourth-order valence-corrected chi connectivity index (χ4v) is 1.83. The average molecular weight is 198 g/mol. The van der Waals surface area contributed by atoms with Crippen molar-refractivity contribution in [2.24, 2.45) is 0 Å². The summed E-state index contributed by atoms with van der Waals surface area (Å²) in [7, 11) is 0. The largest absolute Gasteiger partial charge is 0.290 e. The minimum absolute atomic E-state index is 0.175. The molecule has 0 unspecified atom stereocenters. The van der Waals surface area contributed by atoms with Crippen molar-refractivity contribution in [3.8, 4) is 0 Å². The van der Waals surface area contributed by atoms with E-state index >= 15 is 0 Å². The maximum atomic E-state index is 11.7. The van der Waals surface area contributed by atoms with Crippen LogP contribution in [0, 0.1) is 0 Å². The molecule has 0 N–H and O–H groups in total. The molecular formula is C14H14O. The Balaban J connectivity index is 2.34. The fraction of sp³-hybridized carbons (Fsp3) is 0.214. The molecular weight excluding hydrogens is 184 g/mol. The lowest BCUT2D eigenvalue weighted by molar-refractivity contribution is -0.111. The number of allylic oxidation sites excluding steroid dienone is 4. The van der Waals surface area contributed by atoms with E-state index in [0.29, 0.717) is 0 Å². The van der Waals surface area contributed by atoms with Gasteiger partial charge in [-0.3, -0.25) is 4.79 Å². The third-order valence-corrected chi connectivity index (χ3v) is 2.72. The van der Waals surface area contributed by atoms with Crippen LogP contribution in [-0.2, 0) is 4.79 Å². The van der Waals surface area contributed by atoms with Gasteiger partial charge in [0, 0.05) is 12.0 Å². The molecule has 0 heterocycles. The van der Waals surface area contributed by atoms with Gasteiger partial charge in [-0.25, -0.2) is 0 Å². The van der Waals surface area contributed by atoms with E-state index in [9.17, 15) is 4.79 Å². The minimum atomic E-state index is 0.175. The second-order valence-corrected chi connectivity index (χ2v) is 4.06. The Bertz CT molecular complexity index is 445. The van der Waals surface area contributed by atoms with Crippen LogP contribution in [-0.4, -0.2) is 5.78 Å². The van der Waals surface area contributed by atoms with Crippen molar-refractivity contribution < 1.29 is 4.79 Å². The summed E-state index contributed by atoms with van der Waals surface area (Å²) in [6.07, 6.45) is 2.54. The molecule has 1 aliphatic carbocycles. The zero-order valence-electron chi connectivity index (χ0n) is 9.08. The normalized spacial score (nSPS) is 15.5. The molecule has 1 nitrogen and oxygen atoms in total. The summed E-state index contributed by atoms with van der Waals surface area (Å²) in [5.41, 5.74) is 4.37. The first kappa shape index (κ1) is 9.91. The topological polar surface area (TPSA) is 17.1 Å². The second kappa shape index (κ2) is 3.85. The van der Waals surface area contributed by atoms with E-state index in [1.807, 2.05) is 44.2 Å². The maximum Gasteiger partial charge on any atom is 0.182 e. The van der Waals surface area contributed by atoms with E-state index in [0.717, 1.165) is 28.7 Å². The number of hydrogen-bond acceptors (Lipinski definition) is 1. The van der Waals surface area contributed by atoms with Crippen molar-refractivity contribution in [1.82, 2.24) is 0 Å². The first-order valence-electron chi connectivity index (χ1n) is 5.15. The first-order chi connectivity index (χ1) is 7.18. The van der Waals surface area contributed by atoms with Gasteiger partial charge in [-0.2, -0.15) is 0 Å². The number of ketones is 1. The highest BCUT2D eigenvalue weighted by atomic mass is 16.1. The molecule has 0 amide bonds. The van der Waals surface area contributed by atoms with Gasteiger partial charge in [-0.05, 0) is 31.1 Å². The van der Waals surface area contributed by atoms with E-state index in [1.54, 1.807) is 6.08 Å². The van der Waals surface area contributed by atoms with Gasteiger partial charge in [-0.1, -0.05) is 35.9 Å². The van der Waals surface area contributed by atoms with Crippen LogP contribution in [0.2, 0.25) is 0 Å². The molecule has 0 atom stereocenters. The van der Waals surface area contributed by atoms with Gasteiger partial charge in [0.25, 0.3) is 0 Å². The second-order valence-electron chi connectivity index (χ2n) is 4.06. The molecule has 0 bridgehead atoms. The Morgan fingerprint density at radius 1 is 1.13 bits per heavy atom. The van der Waals surface area contributed by atoms with Crippen LogP contribution in [0.5, 0.6) is 0 Å². The molecule has 0 radical (unpaired) electrons. The van der Waals surface area contributed by atoms with Crippen LogP contribution in [0.1, 0.15) is 25.8 Å². The molecule has 2 rings (SSSR count). The van der Waals surface area contributed by atoms with Crippen LogP contribution in [0.15, 0.2) is 47.6 Å². The Kier molecular flexibility index (Phi) is 2.55. The zero-order valence-corrected chi connectivity index (χ0v) is 9.08. The Labute approximate surface area is 90.1 Å². The first-order valence-corrected chi connectivity index (χ1v) is 5.15. The Morgan fingerprint density at radius 3 is 2.33 bits per heavy atom. The third-order valence-electron chi connectivity index (χ3n) is 2.72. The SMILES string of the molecule is CC(C)=C1CC(c2ccccc2)=CC1=O. The van der Waals surface area contributed by atoms with Crippen LogP contribution in [0.3, 0.4) is 0 Å². The van der Waals surface area contributed by atoms with Gasteiger partial charge in [0.15, 0.2) is 5.78 Å². The highest BCUT2D eigenvalue weighted by molar-refractivity contribution is 6.14. The monoisotopic (exact) mass is 198 g/mol. The number of carbonyl (C=O) groups excluding carboxylic acids is 1. The predicted molar refractivity (Wildman–Crippen MR) is 62.4 cm³/mol. The van der Waals surface area contributed by atoms with Crippen molar-refractivity contribution in [2.75, 3.05) is 0 Å². The maximum absolute atomic E-state index is 11.7. The van der Waals surface area contributed by atoms with Gasteiger partial charge < -0.3 is 0 Å². The Morgan fingerprint density at radius 2 is 1.80 bits per heavy atom. The highest BCUT2D eigenvalue weighted by Crippen LogP contribution is 2.30. The summed E-state index contributed by atoms with van der Waals surface area (Å²) >= 11 is 0. The van der Waals surface area contributed by atoms with Gasteiger partial charge in [-0.15, -0.1) is 0 Å². The molecule has 15 heavy (non-hydrogen) atoms. The summed E-state index contributed by atoms with van der Waals surface area (Å²) < 4.78 is 0. The smallest absolute Gasteiger partial charge is 0.182 e. The lowest BCUT2D eigenvalue weighted by Gasteiger charge is -2.02. The van der Waals surface area contributed by atoms with E-state index < -0.39 is 0 Å². The third kappa shape index (κ3) is 1.91. The van der Waals surface area contributed by atoms with Gasteiger partial charge in [0.2, 0.25) is 0 Å². The van der Waals surface area contributed by atoms with Crippen molar-refractivity contribution >= 4 is 11.4 Å². The summed E-state index contributed by atoms with van der Waals surface area (Å²) in [5.74, 6) is 0.175. The van der Waals surface area contributed by atoms with E-state index in [4.69, 9.17) is 0 Å².